The molecule has 0 spiro atoms. The lowest BCUT2D eigenvalue weighted by Gasteiger charge is -2.20. The zero-order valence-corrected chi connectivity index (χ0v) is 12.5. The maximum absolute atomic E-state index is 8.69. The molecule has 0 atom stereocenters. The van der Waals surface area contributed by atoms with Gasteiger partial charge >= 0.3 is 0 Å². The highest BCUT2D eigenvalue weighted by atomic mass is 35.5. The van der Waals surface area contributed by atoms with Crippen LogP contribution < -0.4 is 10.6 Å². The van der Waals surface area contributed by atoms with E-state index in [0.29, 0.717) is 10.6 Å². The Morgan fingerprint density at radius 3 is 2.81 bits per heavy atom. The highest BCUT2D eigenvalue weighted by molar-refractivity contribution is 6.34. The smallest absolute Gasteiger partial charge is 0.171 e. The fourth-order valence-corrected chi connectivity index (χ4v) is 2.23. The van der Waals surface area contributed by atoms with Crippen LogP contribution in [0.4, 0.5) is 5.69 Å². The molecule has 110 valence electrons. The highest BCUT2D eigenvalue weighted by Crippen LogP contribution is 2.23. The van der Waals surface area contributed by atoms with E-state index in [1.807, 2.05) is 31.3 Å². The summed E-state index contributed by atoms with van der Waals surface area (Å²) in [4.78, 5) is 6.38. The van der Waals surface area contributed by atoms with Gasteiger partial charge in [-0.3, -0.25) is 4.98 Å². The minimum absolute atomic E-state index is 0.00249. The predicted molar refractivity (Wildman–Crippen MR) is 85.2 cm³/mol. The Morgan fingerprint density at radius 2 is 2.19 bits per heavy atom. The number of hydrogen-bond acceptors (Lipinski definition) is 4. The Morgan fingerprint density at radius 1 is 1.38 bits per heavy atom. The van der Waals surface area contributed by atoms with E-state index in [0.717, 1.165) is 24.3 Å². The van der Waals surface area contributed by atoms with Gasteiger partial charge in [-0.05, 0) is 30.3 Å². The van der Waals surface area contributed by atoms with Gasteiger partial charge in [-0.2, -0.15) is 0 Å². The number of halogens is 1. The Hall–Kier alpha value is -2.27. The molecule has 1 heterocycles. The Bertz CT molecular complexity index is 631. The highest BCUT2D eigenvalue weighted by Gasteiger charge is 2.09. The van der Waals surface area contributed by atoms with Gasteiger partial charge < -0.3 is 15.8 Å². The average Bonchev–Trinajstić information content (AvgIpc) is 2.52. The third-order valence-corrected chi connectivity index (χ3v) is 3.52. The first kappa shape index (κ1) is 15.1. The number of nitrogens with zero attached hydrogens (tertiary/aromatic N) is 3. The molecule has 3 N–H and O–H groups in total. The number of rotatable bonds is 5. The SMILES string of the molecule is CN(CCc1ccccn1)c1ccc(C(N)=NO)c(Cl)c1. The van der Waals surface area contributed by atoms with Crippen molar-refractivity contribution in [2.45, 2.75) is 6.42 Å². The van der Waals surface area contributed by atoms with Crippen molar-refractivity contribution in [2.24, 2.45) is 10.9 Å². The average molecular weight is 305 g/mol. The monoisotopic (exact) mass is 304 g/mol. The molecular formula is C15H17ClN4O. The van der Waals surface area contributed by atoms with Crippen molar-refractivity contribution in [3.8, 4) is 0 Å². The molecule has 0 radical (unpaired) electrons. The predicted octanol–water partition coefficient (Wildman–Crippen LogP) is 2.51. The maximum Gasteiger partial charge on any atom is 0.171 e. The number of oxime groups is 1. The number of aromatic nitrogens is 1. The van der Waals surface area contributed by atoms with Crippen LogP contribution in [0.2, 0.25) is 5.02 Å². The van der Waals surface area contributed by atoms with Crippen LogP contribution in [0.5, 0.6) is 0 Å². The third kappa shape index (κ3) is 3.86. The van der Waals surface area contributed by atoms with Crippen molar-refractivity contribution in [3.63, 3.8) is 0 Å². The molecule has 0 unspecified atom stereocenters. The van der Waals surface area contributed by atoms with Crippen LogP contribution in [0, 0.1) is 0 Å². The van der Waals surface area contributed by atoms with E-state index in [1.54, 1.807) is 18.3 Å². The number of amidine groups is 1. The van der Waals surface area contributed by atoms with Crippen molar-refractivity contribution in [2.75, 3.05) is 18.5 Å². The third-order valence-electron chi connectivity index (χ3n) is 3.21. The minimum atomic E-state index is 0.00249. The van der Waals surface area contributed by atoms with Gasteiger partial charge in [0.2, 0.25) is 0 Å². The molecule has 6 heteroatoms. The summed E-state index contributed by atoms with van der Waals surface area (Å²) >= 11 is 6.15. The molecule has 5 nitrogen and oxygen atoms in total. The van der Waals surface area contributed by atoms with Gasteiger partial charge in [0.1, 0.15) is 0 Å². The molecule has 0 bridgehead atoms. The van der Waals surface area contributed by atoms with Crippen molar-refractivity contribution in [1.82, 2.24) is 4.98 Å². The van der Waals surface area contributed by atoms with Gasteiger partial charge in [0.05, 0.1) is 5.02 Å². The van der Waals surface area contributed by atoms with Crippen LogP contribution in [0.25, 0.3) is 0 Å². The molecule has 1 aromatic carbocycles. The maximum atomic E-state index is 8.69. The lowest BCUT2D eigenvalue weighted by atomic mass is 10.1. The van der Waals surface area contributed by atoms with E-state index < -0.39 is 0 Å². The standard InChI is InChI=1S/C15H17ClN4O/c1-20(9-7-11-4-2-3-8-18-11)12-5-6-13(14(16)10-12)15(17)19-21/h2-6,8,10,21H,7,9H2,1H3,(H2,17,19). The molecule has 0 amide bonds. The Balaban J connectivity index is 2.06. The van der Waals surface area contributed by atoms with Gasteiger partial charge in [-0.1, -0.05) is 22.8 Å². The lowest BCUT2D eigenvalue weighted by molar-refractivity contribution is 0.318. The fourth-order valence-electron chi connectivity index (χ4n) is 1.96. The summed E-state index contributed by atoms with van der Waals surface area (Å²) < 4.78 is 0. The summed E-state index contributed by atoms with van der Waals surface area (Å²) in [6.45, 7) is 0.816. The van der Waals surface area contributed by atoms with E-state index in [-0.39, 0.29) is 5.84 Å². The Kier molecular flexibility index (Phi) is 5.00. The molecule has 21 heavy (non-hydrogen) atoms. The number of pyridine rings is 1. The van der Waals surface area contributed by atoms with Crippen molar-refractivity contribution in [1.29, 1.82) is 0 Å². The molecule has 1 aromatic heterocycles. The zero-order valence-electron chi connectivity index (χ0n) is 11.7. The second-order valence-corrected chi connectivity index (χ2v) is 5.05. The van der Waals surface area contributed by atoms with Crippen LogP contribution in [-0.2, 0) is 6.42 Å². The fraction of sp³-hybridized carbons (Fsp3) is 0.200. The zero-order chi connectivity index (χ0) is 15.2. The minimum Gasteiger partial charge on any atom is -0.409 e. The normalized spacial score (nSPS) is 11.4. The quantitative estimate of drug-likeness (QED) is 0.385. The first-order valence-electron chi connectivity index (χ1n) is 6.50. The summed E-state index contributed by atoms with van der Waals surface area (Å²) in [5.74, 6) is 0.00249. The second-order valence-electron chi connectivity index (χ2n) is 4.64. The number of benzene rings is 1. The largest absolute Gasteiger partial charge is 0.409 e. The van der Waals surface area contributed by atoms with E-state index in [9.17, 15) is 0 Å². The molecule has 0 aliphatic heterocycles. The van der Waals surface area contributed by atoms with Crippen LogP contribution in [-0.4, -0.2) is 29.6 Å². The van der Waals surface area contributed by atoms with Gasteiger partial charge in [0.25, 0.3) is 0 Å². The van der Waals surface area contributed by atoms with Gasteiger partial charge in [-0.25, -0.2) is 0 Å². The number of anilines is 1. The van der Waals surface area contributed by atoms with E-state index in [4.69, 9.17) is 22.5 Å². The van der Waals surface area contributed by atoms with Gasteiger partial charge in [0, 0.05) is 43.2 Å². The Labute approximate surface area is 128 Å². The molecule has 0 saturated heterocycles. The topological polar surface area (TPSA) is 74.7 Å². The molecule has 2 rings (SSSR count). The first-order valence-corrected chi connectivity index (χ1v) is 6.88. The molecule has 0 aliphatic carbocycles. The van der Waals surface area contributed by atoms with Crippen molar-refractivity contribution >= 4 is 23.1 Å². The van der Waals surface area contributed by atoms with E-state index in [1.165, 1.54) is 0 Å². The van der Waals surface area contributed by atoms with Crippen molar-refractivity contribution < 1.29 is 5.21 Å². The summed E-state index contributed by atoms with van der Waals surface area (Å²) in [7, 11) is 1.98. The molecule has 2 aromatic rings. The second kappa shape index (κ2) is 6.95. The first-order chi connectivity index (χ1) is 10.1. The van der Waals surface area contributed by atoms with Crippen molar-refractivity contribution in [3.05, 3.63) is 58.9 Å². The molecule has 0 fully saturated rings. The lowest BCUT2D eigenvalue weighted by Crippen LogP contribution is -2.21. The summed E-state index contributed by atoms with van der Waals surface area (Å²) in [6, 6.07) is 11.3. The number of nitrogens with two attached hydrogens (primary N) is 1. The van der Waals surface area contributed by atoms with E-state index in [2.05, 4.69) is 15.0 Å². The number of likely N-dealkylation sites (N-methyl/N-ethyl adjacent to an activating group) is 1. The van der Waals surface area contributed by atoms with Gasteiger partial charge in [-0.15, -0.1) is 0 Å². The van der Waals surface area contributed by atoms with Crippen LogP contribution in [0.3, 0.4) is 0 Å². The van der Waals surface area contributed by atoms with Crippen LogP contribution >= 0.6 is 11.6 Å². The van der Waals surface area contributed by atoms with Gasteiger partial charge in [0.15, 0.2) is 5.84 Å². The molecule has 0 saturated carbocycles. The molecular weight excluding hydrogens is 288 g/mol. The number of hydrogen-bond donors (Lipinski definition) is 2. The molecule has 0 aliphatic rings. The summed E-state index contributed by atoms with van der Waals surface area (Å²) in [5, 5.41) is 12.1. The van der Waals surface area contributed by atoms with Crippen LogP contribution in [0.15, 0.2) is 47.8 Å². The van der Waals surface area contributed by atoms with E-state index >= 15 is 0 Å². The van der Waals surface area contributed by atoms with Crippen LogP contribution in [0.1, 0.15) is 11.3 Å². The summed E-state index contributed by atoms with van der Waals surface area (Å²) in [5.41, 5.74) is 8.07. The summed E-state index contributed by atoms with van der Waals surface area (Å²) in [6.07, 6.45) is 2.63.